The van der Waals surface area contributed by atoms with Crippen molar-refractivity contribution < 1.29 is 0 Å². The molecule has 0 fully saturated rings. The van der Waals surface area contributed by atoms with Gasteiger partial charge in [0.15, 0.2) is 23.3 Å². The molecule has 0 aliphatic heterocycles. The molecule has 8 aromatic carbocycles. The fourth-order valence-corrected chi connectivity index (χ4v) is 7.44. The van der Waals surface area contributed by atoms with E-state index in [0.717, 1.165) is 78.1 Å². The minimum absolute atomic E-state index is 0.606. The summed E-state index contributed by atoms with van der Waals surface area (Å²) in [6.07, 6.45) is 0. The molecule has 0 atom stereocenters. The summed E-state index contributed by atoms with van der Waals surface area (Å²) < 4.78 is 0. The summed E-state index contributed by atoms with van der Waals surface area (Å²) in [4.78, 5) is 25.3. The number of hydrogen-bond donors (Lipinski definition) is 0. The maximum absolute atomic E-state index is 5.14. The van der Waals surface area contributed by atoms with E-state index < -0.39 is 0 Å². The minimum Gasteiger partial charge on any atom is -0.228 e. The van der Waals surface area contributed by atoms with E-state index in [4.69, 9.17) is 24.9 Å². The number of nitrogens with zero attached hydrogens (tertiary/aromatic N) is 5. The Morgan fingerprint density at radius 3 is 0.900 bits per heavy atom. The van der Waals surface area contributed by atoms with Crippen LogP contribution in [-0.2, 0) is 0 Å². The molecule has 0 saturated heterocycles. The van der Waals surface area contributed by atoms with Gasteiger partial charge in [-0.3, -0.25) is 0 Å². The predicted molar refractivity (Wildman–Crippen MR) is 244 cm³/mol. The third-order valence-corrected chi connectivity index (χ3v) is 10.6. The highest BCUT2D eigenvalue weighted by molar-refractivity contribution is 5.79. The van der Waals surface area contributed by atoms with Gasteiger partial charge in [0.25, 0.3) is 0 Å². The van der Waals surface area contributed by atoms with Crippen molar-refractivity contribution in [3.8, 4) is 101 Å². The van der Waals surface area contributed by atoms with Crippen LogP contribution in [0.4, 0.5) is 0 Å². The van der Waals surface area contributed by atoms with Gasteiger partial charge in [0.05, 0.1) is 11.4 Å². The van der Waals surface area contributed by atoms with Crippen LogP contribution in [0, 0.1) is 0 Å². The van der Waals surface area contributed by atoms with Crippen molar-refractivity contribution >= 4 is 0 Å². The SMILES string of the molecule is c1ccc(-c2ccc(-c3nc(-c4ccccc4)nc(-c4cccc(-c5cccc(-c6cc(-c7cccc(-c8ccccc8)c7)nc(-c7ccccc7)n6)c5)c4)n3)cc2)cc1. The summed E-state index contributed by atoms with van der Waals surface area (Å²) in [5.74, 6) is 2.53. The van der Waals surface area contributed by atoms with Crippen molar-refractivity contribution in [2.75, 3.05) is 0 Å². The molecule has 0 amide bonds. The first-order valence-corrected chi connectivity index (χ1v) is 20.0. The molecule has 0 bridgehead atoms. The smallest absolute Gasteiger partial charge is 0.164 e. The highest BCUT2D eigenvalue weighted by Gasteiger charge is 2.15. The molecule has 0 spiro atoms. The van der Waals surface area contributed by atoms with Crippen LogP contribution in [0.1, 0.15) is 0 Å². The van der Waals surface area contributed by atoms with E-state index in [-0.39, 0.29) is 0 Å². The third kappa shape index (κ3) is 7.76. The summed E-state index contributed by atoms with van der Waals surface area (Å²) >= 11 is 0. The number of rotatable bonds is 9. The lowest BCUT2D eigenvalue weighted by Crippen LogP contribution is -2.00. The lowest BCUT2D eigenvalue weighted by atomic mass is 9.98. The Morgan fingerprint density at radius 1 is 0.167 bits per heavy atom. The van der Waals surface area contributed by atoms with Gasteiger partial charge in [-0.25, -0.2) is 24.9 Å². The Bertz CT molecular complexity index is 3060. The van der Waals surface area contributed by atoms with Gasteiger partial charge >= 0.3 is 0 Å². The third-order valence-electron chi connectivity index (χ3n) is 10.6. The normalized spacial score (nSPS) is 11.0. The van der Waals surface area contributed by atoms with Crippen LogP contribution in [0.25, 0.3) is 101 Å². The fraction of sp³-hybridized carbons (Fsp3) is 0. The molecule has 0 N–H and O–H groups in total. The Labute approximate surface area is 349 Å². The lowest BCUT2D eigenvalue weighted by molar-refractivity contribution is 1.07. The standard InChI is InChI=1S/C55H37N5/c1-5-16-38(17-6-1)40-30-32-43(33-31-40)54-58-53(42-22-11-4-12-23-42)59-55(60-54)49-29-15-26-46(36-49)45-25-14-28-48(35-45)51-37-50(56-52(57-51)41-20-9-3-10-21-41)47-27-13-24-44(34-47)39-18-7-2-8-19-39/h1-37H. The topological polar surface area (TPSA) is 64.5 Å². The molecule has 10 rings (SSSR count). The molecule has 60 heavy (non-hydrogen) atoms. The second kappa shape index (κ2) is 16.4. The Kier molecular flexibility index (Phi) is 9.88. The monoisotopic (exact) mass is 767 g/mol. The van der Waals surface area contributed by atoms with Gasteiger partial charge < -0.3 is 0 Å². The number of hydrogen-bond acceptors (Lipinski definition) is 5. The van der Waals surface area contributed by atoms with Crippen molar-refractivity contribution in [2.45, 2.75) is 0 Å². The number of aromatic nitrogens is 5. The van der Waals surface area contributed by atoms with Crippen molar-refractivity contribution in [1.29, 1.82) is 0 Å². The lowest BCUT2D eigenvalue weighted by Gasteiger charge is -2.12. The molecule has 10 aromatic rings. The average Bonchev–Trinajstić information content (AvgIpc) is 3.35. The maximum atomic E-state index is 5.14. The van der Waals surface area contributed by atoms with E-state index in [1.807, 2.05) is 60.7 Å². The second-order valence-electron chi connectivity index (χ2n) is 14.6. The Balaban J connectivity index is 1.03. The summed E-state index contributed by atoms with van der Waals surface area (Å²) in [5.41, 5.74) is 14.1. The molecule has 282 valence electrons. The zero-order valence-corrected chi connectivity index (χ0v) is 32.6. The average molecular weight is 768 g/mol. The molecule has 0 aliphatic carbocycles. The number of benzene rings is 8. The van der Waals surface area contributed by atoms with E-state index in [1.54, 1.807) is 0 Å². The van der Waals surface area contributed by atoms with Gasteiger partial charge in [0.2, 0.25) is 0 Å². The van der Waals surface area contributed by atoms with Crippen LogP contribution in [0.15, 0.2) is 224 Å². The van der Waals surface area contributed by atoms with Crippen LogP contribution < -0.4 is 0 Å². The molecular weight excluding hydrogens is 731 g/mol. The van der Waals surface area contributed by atoms with Gasteiger partial charge in [0, 0.05) is 33.4 Å². The van der Waals surface area contributed by atoms with E-state index >= 15 is 0 Å². The largest absolute Gasteiger partial charge is 0.228 e. The first-order valence-electron chi connectivity index (χ1n) is 20.0. The summed E-state index contributed by atoms with van der Waals surface area (Å²) in [5, 5.41) is 0. The van der Waals surface area contributed by atoms with E-state index in [9.17, 15) is 0 Å². The van der Waals surface area contributed by atoms with Gasteiger partial charge in [0.1, 0.15) is 0 Å². The molecule has 0 radical (unpaired) electrons. The zero-order valence-electron chi connectivity index (χ0n) is 32.6. The molecule has 2 heterocycles. The first kappa shape index (κ1) is 36.2. The van der Waals surface area contributed by atoms with Crippen LogP contribution in [0.3, 0.4) is 0 Å². The second-order valence-corrected chi connectivity index (χ2v) is 14.6. The molecule has 5 heteroatoms. The van der Waals surface area contributed by atoms with Crippen molar-refractivity contribution in [3.63, 3.8) is 0 Å². The van der Waals surface area contributed by atoms with Crippen molar-refractivity contribution in [2.24, 2.45) is 0 Å². The van der Waals surface area contributed by atoms with Gasteiger partial charge in [-0.15, -0.1) is 0 Å². The minimum atomic E-state index is 0.606. The van der Waals surface area contributed by atoms with Crippen LogP contribution in [0.5, 0.6) is 0 Å². The first-order chi connectivity index (χ1) is 29.7. The van der Waals surface area contributed by atoms with Crippen LogP contribution in [0.2, 0.25) is 0 Å². The van der Waals surface area contributed by atoms with Crippen LogP contribution in [-0.4, -0.2) is 24.9 Å². The van der Waals surface area contributed by atoms with Gasteiger partial charge in [-0.1, -0.05) is 200 Å². The molecule has 5 nitrogen and oxygen atoms in total. The molecule has 0 unspecified atom stereocenters. The van der Waals surface area contributed by atoms with Gasteiger partial charge in [-0.2, -0.15) is 0 Å². The van der Waals surface area contributed by atoms with Crippen molar-refractivity contribution in [1.82, 2.24) is 24.9 Å². The van der Waals surface area contributed by atoms with Gasteiger partial charge in [-0.05, 0) is 57.6 Å². The Hall–Kier alpha value is -8.15. The summed E-state index contributed by atoms with van der Waals surface area (Å²) in [6.45, 7) is 0. The summed E-state index contributed by atoms with van der Waals surface area (Å²) in [7, 11) is 0. The quantitative estimate of drug-likeness (QED) is 0.146. The fourth-order valence-electron chi connectivity index (χ4n) is 7.44. The molecule has 2 aromatic heterocycles. The van der Waals surface area contributed by atoms with Crippen molar-refractivity contribution in [3.05, 3.63) is 224 Å². The molecular formula is C55H37N5. The molecule has 0 saturated carbocycles. The van der Waals surface area contributed by atoms with E-state index in [1.165, 1.54) is 0 Å². The highest BCUT2D eigenvalue weighted by atomic mass is 15.0. The highest BCUT2D eigenvalue weighted by Crippen LogP contribution is 2.34. The Morgan fingerprint density at radius 2 is 0.433 bits per heavy atom. The summed E-state index contributed by atoms with van der Waals surface area (Å²) in [6, 6.07) is 77.0. The predicted octanol–water partition coefficient (Wildman–Crippen LogP) is 13.7. The van der Waals surface area contributed by atoms with Crippen LogP contribution >= 0.6 is 0 Å². The van der Waals surface area contributed by atoms with E-state index in [2.05, 4.69) is 164 Å². The molecule has 0 aliphatic rings. The van der Waals surface area contributed by atoms with E-state index in [0.29, 0.717) is 23.3 Å². The maximum Gasteiger partial charge on any atom is 0.164 e. The zero-order chi connectivity index (χ0) is 40.1.